The van der Waals surface area contributed by atoms with E-state index >= 15 is 0 Å². The number of alkyl carbamates (subject to hydrolysis) is 1. The van der Waals surface area contributed by atoms with Gasteiger partial charge in [0.25, 0.3) is 0 Å². The van der Waals surface area contributed by atoms with Crippen LogP contribution in [0.2, 0.25) is 0 Å². The molecule has 1 aromatic carbocycles. The number of hydrogen-bond acceptors (Lipinski definition) is 3. The Labute approximate surface area is 88.2 Å². The third kappa shape index (κ3) is 3.59. The van der Waals surface area contributed by atoms with Crippen molar-refractivity contribution in [2.45, 2.75) is 12.7 Å². The highest BCUT2D eigenvalue weighted by molar-refractivity contribution is 5.67. The van der Waals surface area contributed by atoms with Gasteiger partial charge in [-0.1, -0.05) is 30.3 Å². The van der Waals surface area contributed by atoms with Crippen LogP contribution in [0, 0.1) is 0 Å². The van der Waals surface area contributed by atoms with Gasteiger partial charge in [0, 0.05) is 6.54 Å². The van der Waals surface area contributed by atoms with Crippen molar-refractivity contribution in [2.24, 2.45) is 0 Å². The van der Waals surface area contributed by atoms with Gasteiger partial charge in [-0.2, -0.15) is 0 Å². The first kappa shape index (κ1) is 9.98. The third-order valence-corrected chi connectivity index (χ3v) is 2.07. The molecular weight excluding hydrogens is 194 g/mol. The zero-order valence-electron chi connectivity index (χ0n) is 8.31. The van der Waals surface area contributed by atoms with Crippen LogP contribution in [-0.4, -0.2) is 25.5 Å². The van der Waals surface area contributed by atoms with Crippen molar-refractivity contribution < 1.29 is 14.3 Å². The van der Waals surface area contributed by atoms with Crippen molar-refractivity contribution in [2.75, 3.05) is 13.2 Å². The fourth-order valence-corrected chi connectivity index (χ4v) is 1.22. The minimum absolute atomic E-state index is 0.318. The van der Waals surface area contributed by atoms with Crippen molar-refractivity contribution in [3.05, 3.63) is 35.9 Å². The van der Waals surface area contributed by atoms with Crippen LogP contribution in [0.3, 0.4) is 0 Å². The molecule has 0 bridgehead atoms. The van der Waals surface area contributed by atoms with E-state index in [2.05, 4.69) is 5.32 Å². The summed E-state index contributed by atoms with van der Waals surface area (Å²) >= 11 is 0. The molecule has 15 heavy (non-hydrogen) atoms. The van der Waals surface area contributed by atoms with Gasteiger partial charge in [0.05, 0.1) is 0 Å². The van der Waals surface area contributed by atoms with Crippen molar-refractivity contribution in [3.63, 3.8) is 0 Å². The van der Waals surface area contributed by atoms with E-state index in [1.54, 1.807) is 0 Å². The fourth-order valence-electron chi connectivity index (χ4n) is 1.22. The Balaban J connectivity index is 1.63. The lowest BCUT2D eigenvalue weighted by molar-refractivity contribution is 0.0926. The quantitative estimate of drug-likeness (QED) is 0.757. The van der Waals surface area contributed by atoms with Crippen LogP contribution >= 0.6 is 0 Å². The number of epoxide rings is 1. The van der Waals surface area contributed by atoms with Crippen molar-refractivity contribution in [1.82, 2.24) is 5.32 Å². The summed E-state index contributed by atoms with van der Waals surface area (Å²) in [5.41, 5.74) is 1.19. The zero-order valence-corrected chi connectivity index (χ0v) is 8.31. The molecular formula is C11H13NO3. The van der Waals surface area contributed by atoms with Crippen molar-refractivity contribution >= 4 is 6.09 Å². The van der Waals surface area contributed by atoms with Crippen LogP contribution in [0.15, 0.2) is 30.3 Å². The van der Waals surface area contributed by atoms with Crippen LogP contribution < -0.4 is 5.32 Å². The molecule has 0 saturated carbocycles. The maximum atomic E-state index is 11.1. The van der Waals surface area contributed by atoms with Gasteiger partial charge in [-0.25, -0.2) is 4.79 Å². The van der Waals surface area contributed by atoms with Gasteiger partial charge >= 0.3 is 6.09 Å². The van der Waals surface area contributed by atoms with E-state index in [9.17, 15) is 4.79 Å². The molecule has 1 atom stereocenters. The Hall–Kier alpha value is -1.55. The molecule has 4 nitrogen and oxygen atoms in total. The summed E-state index contributed by atoms with van der Waals surface area (Å²) in [7, 11) is 0. The predicted octanol–water partition coefficient (Wildman–Crippen LogP) is 1.31. The highest BCUT2D eigenvalue weighted by atomic mass is 16.8. The summed E-state index contributed by atoms with van der Waals surface area (Å²) in [6, 6.07) is 9.97. The lowest BCUT2D eigenvalue weighted by Gasteiger charge is -2.04. The van der Waals surface area contributed by atoms with Gasteiger partial charge in [-0.3, -0.25) is 0 Å². The molecule has 1 saturated heterocycles. The summed E-state index contributed by atoms with van der Waals surface area (Å²) in [5, 5.41) is 2.66. The van der Waals surface area contributed by atoms with E-state index in [1.165, 1.54) is 5.56 Å². The van der Waals surface area contributed by atoms with E-state index in [-0.39, 0.29) is 6.29 Å². The molecule has 0 unspecified atom stereocenters. The van der Waals surface area contributed by atoms with Crippen LogP contribution in [0.1, 0.15) is 5.56 Å². The molecule has 1 aliphatic heterocycles. The number of nitrogens with one attached hydrogen (secondary N) is 1. The molecule has 2 rings (SSSR count). The van der Waals surface area contributed by atoms with Crippen molar-refractivity contribution in [3.8, 4) is 0 Å². The van der Waals surface area contributed by atoms with Crippen LogP contribution in [-0.2, 0) is 15.9 Å². The largest absolute Gasteiger partial charge is 0.417 e. The zero-order chi connectivity index (χ0) is 10.5. The van der Waals surface area contributed by atoms with E-state index in [4.69, 9.17) is 9.47 Å². The second-order valence-corrected chi connectivity index (χ2v) is 3.33. The Bertz CT molecular complexity index is 322. The summed E-state index contributed by atoms with van der Waals surface area (Å²) < 4.78 is 9.59. The van der Waals surface area contributed by atoms with E-state index in [0.29, 0.717) is 13.2 Å². The van der Waals surface area contributed by atoms with E-state index in [1.807, 2.05) is 30.3 Å². The first-order valence-corrected chi connectivity index (χ1v) is 4.94. The topological polar surface area (TPSA) is 50.9 Å². The molecule has 80 valence electrons. The second-order valence-electron chi connectivity index (χ2n) is 3.33. The first-order chi connectivity index (χ1) is 7.34. The molecule has 1 aliphatic rings. The lowest BCUT2D eigenvalue weighted by Crippen LogP contribution is -2.27. The Morgan fingerprint density at radius 3 is 2.87 bits per heavy atom. The van der Waals surface area contributed by atoms with Crippen molar-refractivity contribution in [1.29, 1.82) is 0 Å². The van der Waals surface area contributed by atoms with Gasteiger partial charge in [-0.05, 0) is 12.0 Å². The van der Waals surface area contributed by atoms with Gasteiger partial charge in [-0.15, -0.1) is 0 Å². The summed E-state index contributed by atoms with van der Waals surface area (Å²) in [6.07, 6.45) is 0.0803. The summed E-state index contributed by atoms with van der Waals surface area (Å²) in [6.45, 7) is 1.10. The number of rotatable bonds is 4. The monoisotopic (exact) mass is 207 g/mol. The Morgan fingerprint density at radius 1 is 1.47 bits per heavy atom. The first-order valence-electron chi connectivity index (χ1n) is 4.94. The molecule has 1 N–H and O–H groups in total. The number of carbonyl (C=O) groups is 1. The average molecular weight is 207 g/mol. The normalized spacial score (nSPS) is 18.3. The highest BCUT2D eigenvalue weighted by Crippen LogP contribution is 2.09. The van der Waals surface area contributed by atoms with E-state index in [0.717, 1.165) is 6.42 Å². The molecule has 4 heteroatoms. The Kier molecular flexibility index (Phi) is 3.19. The highest BCUT2D eigenvalue weighted by Gasteiger charge is 2.26. The molecule has 0 spiro atoms. The SMILES string of the molecule is O=C(NCCc1ccccc1)O[C@@H]1CO1. The van der Waals surface area contributed by atoms with Gasteiger partial charge in [0.2, 0.25) is 6.29 Å². The van der Waals surface area contributed by atoms with Gasteiger partial charge < -0.3 is 14.8 Å². The van der Waals surface area contributed by atoms with E-state index < -0.39 is 6.09 Å². The molecule has 0 aliphatic carbocycles. The van der Waals surface area contributed by atoms with Gasteiger partial charge in [0.1, 0.15) is 6.61 Å². The molecule has 0 aromatic heterocycles. The maximum Gasteiger partial charge on any atom is 0.409 e. The summed E-state index contributed by atoms with van der Waals surface area (Å²) in [5.74, 6) is 0. The average Bonchev–Trinajstić information content (AvgIpc) is 3.03. The van der Waals surface area contributed by atoms with Gasteiger partial charge in [0.15, 0.2) is 0 Å². The lowest BCUT2D eigenvalue weighted by atomic mass is 10.1. The second kappa shape index (κ2) is 4.79. The number of carbonyl (C=O) groups excluding carboxylic acids is 1. The molecule has 1 fully saturated rings. The molecule has 0 radical (unpaired) electrons. The smallest absolute Gasteiger partial charge is 0.409 e. The number of ether oxygens (including phenoxy) is 2. The standard InChI is InChI=1S/C11H13NO3/c13-11(15-10-8-14-10)12-7-6-9-4-2-1-3-5-9/h1-5,10H,6-8H2,(H,12,13)/t10-/m1/s1. The number of hydrogen-bond donors (Lipinski definition) is 1. The molecule has 1 heterocycles. The molecule has 1 amide bonds. The van der Waals surface area contributed by atoms with Crippen LogP contribution in [0.25, 0.3) is 0 Å². The predicted molar refractivity (Wildman–Crippen MR) is 54.4 cm³/mol. The minimum atomic E-state index is -0.409. The number of amides is 1. The Morgan fingerprint density at radius 2 is 2.20 bits per heavy atom. The summed E-state index contributed by atoms with van der Waals surface area (Å²) in [4.78, 5) is 11.1. The van der Waals surface area contributed by atoms with Crippen LogP contribution in [0.5, 0.6) is 0 Å². The maximum absolute atomic E-state index is 11.1. The fraction of sp³-hybridized carbons (Fsp3) is 0.364. The molecule has 1 aromatic rings. The van der Waals surface area contributed by atoms with Crippen LogP contribution in [0.4, 0.5) is 4.79 Å². The third-order valence-electron chi connectivity index (χ3n) is 2.07. The number of benzene rings is 1. The minimum Gasteiger partial charge on any atom is -0.417 e.